The minimum absolute atomic E-state index is 0.186. The van der Waals surface area contributed by atoms with Crippen LogP contribution in [0.3, 0.4) is 0 Å². The molecule has 0 aromatic heterocycles. The Kier molecular flexibility index (Phi) is 7.58. The first kappa shape index (κ1) is 20.8. The normalized spacial score (nSPS) is 14.4. The van der Waals surface area contributed by atoms with Gasteiger partial charge in [-0.2, -0.15) is 0 Å². The van der Waals surface area contributed by atoms with E-state index >= 15 is 0 Å². The van der Waals surface area contributed by atoms with Crippen LogP contribution in [0.4, 0.5) is 10.1 Å². The Bertz CT molecular complexity index is 807. The smallest absolute Gasteiger partial charge is 0.309 e. The Morgan fingerprint density at radius 2 is 1.52 bits per heavy atom. The Balaban J connectivity index is 1.29. The average molecular weight is 398 g/mol. The Morgan fingerprint density at radius 1 is 0.862 bits per heavy atom. The largest absolute Gasteiger partial charge is 0.367 e. The first-order valence-electron chi connectivity index (χ1n) is 9.95. The zero-order valence-corrected chi connectivity index (χ0v) is 16.4. The number of para-hydroxylation sites is 1. The molecule has 1 heterocycles. The van der Waals surface area contributed by atoms with Crippen LogP contribution in [0.1, 0.15) is 12.0 Å². The van der Waals surface area contributed by atoms with Crippen LogP contribution in [-0.2, 0) is 16.1 Å². The van der Waals surface area contributed by atoms with E-state index in [0.29, 0.717) is 18.8 Å². The summed E-state index contributed by atoms with van der Waals surface area (Å²) in [5.74, 6) is -1.41. The van der Waals surface area contributed by atoms with Crippen molar-refractivity contribution in [2.24, 2.45) is 0 Å². The van der Waals surface area contributed by atoms with Crippen LogP contribution >= 0.6 is 0 Å². The predicted octanol–water partition coefficient (Wildman–Crippen LogP) is 1.77. The molecule has 2 aromatic carbocycles. The quantitative estimate of drug-likeness (QED) is 0.551. The predicted molar refractivity (Wildman–Crippen MR) is 111 cm³/mol. The van der Waals surface area contributed by atoms with Gasteiger partial charge in [-0.3, -0.25) is 14.5 Å². The highest BCUT2D eigenvalue weighted by Crippen LogP contribution is 2.20. The molecule has 0 aliphatic carbocycles. The van der Waals surface area contributed by atoms with Crippen molar-refractivity contribution in [2.75, 3.05) is 44.2 Å². The fourth-order valence-corrected chi connectivity index (χ4v) is 3.36. The number of carbonyl (C=O) groups is 2. The van der Waals surface area contributed by atoms with Crippen molar-refractivity contribution in [2.45, 2.75) is 13.0 Å². The SMILES string of the molecule is O=C(NCCCN1CCN(c2ccccc2F)CC1)C(=O)NCc1ccccc1. The van der Waals surface area contributed by atoms with E-state index in [0.717, 1.165) is 44.7 Å². The number of benzene rings is 2. The van der Waals surface area contributed by atoms with Crippen LogP contribution in [0, 0.1) is 5.82 Å². The molecule has 0 unspecified atom stereocenters. The molecule has 0 bridgehead atoms. The number of hydrogen-bond donors (Lipinski definition) is 2. The minimum Gasteiger partial charge on any atom is -0.367 e. The second kappa shape index (κ2) is 10.6. The van der Waals surface area contributed by atoms with Gasteiger partial charge >= 0.3 is 11.8 Å². The van der Waals surface area contributed by atoms with E-state index in [4.69, 9.17) is 0 Å². The van der Waals surface area contributed by atoms with Crippen LogP contribution in [0.25, 0.3) is 0 Å². The van der Waals surface area contributed by atoms with Gasteiger partial charge in [0.2, 0.25) is 0 Å². The summed E-state index contributed by atoms with van der Waals surface area (Å²) >= 11 is 0. The summed E-state index contributed by atoms with van der Waals surface area (Å²) in [4.78, 5) is 28.1. The highest BCUT2D eigenvalue weighted by atomic mass is 19.1. The monoisotopic (exact) mass is 398 g/mol. The zero-order chi connectivity index (χ0) is 20.5. The van der Waals surface area contributed by atoms with Gasteiger partial charge in [0.15, 0.2) is 0 Å². The van der Waals surface area contributed by atoms with Crippen LogP contribution in [-0.4, -0.2) is 56.0 Å². The number of amides is 2. The summed E-state index contributed by atoms with van der Waals surface area (Å²) in [6.45, 7) is 4.85. The molecular weight excluding hydrogens is 371 g/mol. The molecule has 2 N–H and O–H groups in total. The lowest BCUT2D eigenvalue weighted by atomic mass is 10.2. The fourth-order valence-electron chi connectivity index (χ4n) is 3.36. The maximum atomic E-state index is 13.9. The number of piperazine rings is 1. The summed E-state index contributed by atoms with van der Waals surface area (Å²) in [5, 5.41) is 5.28. The number of nitrogens with one attached hydrogen (secondary N) is 2. The lowest BCUT2D eigenvalue weighted by Crippen LogP contribution is -2.47. The lowest BCUT2D eigenvalue weighted by molar-refractivity contribution is -0.139. The molecule has 1 aliphatic heterocycles. The van der Waals surface area contributed by atoms with Crippen molar-refractivity contribution >= 4 is 17.5 Å². The Morgan fingerprint density at radius 3 is 2.24 bits per heavy atom. The zero-order valence-electron chi connectivity index (χ0n) is 16.4. The standard InChI is InChI=1S/C22H27FN4O2/c23-19-9-4-5-10-20(19)27-15-13-26(14-16-27)12-6-11-24-21(28)22(29)25-17-18-7-2-1-3-8-18/h1-5,7-10H,6,11-17H2,(H,24,28)(H,25,29). The van der Waals surface area contributed by atoms with Gasteiger partial charge in [0.25, 0.3) is 0 Å². The van der Waals surface area contributed by atoms with Crippen molar-refractivity contribution in [1.29, 1.82) is 0 Å². The van der Waals surface area contributed by atoms with Crippen LogP contribution in [0.15, 0.2) is 54.6 Å². The van der Waals surface area contributed by atoms with Crippen molar-refractivity contribution in [3.05, 3.63) is 66.0 Å². The van der Waals surface area contributed by atoms with Gasteiger partial charge in [0.05, 0.1) is 5.69 Å². The molecule has 0 spiro atoms. The number of rotatable bonds is 7. The molecule has 1 aliphatic rings. The molecule has 3 rings (SSSR count). The van der Waals surface area contributed by atoms with E-state index in [9.17, 15) is 14.0 Å². The number of carbonyl (C=O) groups excluding carboxylic acids is 2. The topological polar surface area (TPSA) is 64.7 Å². The van der Waals surface area contributed by atoms with Gasteiger partial charge in [0.1, 0.15) is 5.82 Å². The van der Waals surface area contributed by atoms with E-state index in [1.54, 1.807) is 6.07 Å². The van der Waals surface area contributed by atoms with Gasteiger partial charge in [-0.1, -0.05) is 42.5 Å². The first-order valence-corrected chi connectivity index (χ1v) is 9.95. The second-order valence-corrected chi connectivity index (χ2v) is 7.06. The van der Waals surface area contributed by atoms with Crippen molar-refractivity contribution in [3.63, 3.8) is 0 Å². The van der Waals surface area contributed by atoms with Gasteiger partial charge in [-0.05, 0) is 30.7 Å². The third kappa shape index (κ3) is 6.29. The molecule has 0 atom stereocenters. The van der Waals surface area contributed by atoms with E-state index < -0.39 is 11.8 Å². The van der Waals surface area contributed by atoms with Crippen LogP contribution in [0.5, 0.6) is 0 Å². The highest BCUT2D eigenvalue weighted by Gasteiger charge is 2.19. The molecule has 0 saturated carbocycles. The molecule has 2 amide bonds. The molecule has 154 valence electrons. The van der Waals surface area contributed by atoms with Crippen LogP contribution < -0.4 is 15.5 Å². The maximum Gasteiger partial charge on any atom is 0.309 e. The molecule has 29 heavy (non-hydrogen) atoms. The highest BCUT2D eigenvalue weighted by molar-refractivity contribution is 6.35. The summed E-state index contributed by atoms with van der Waals surface area (Å²) in [5.41, 5.74) is 1.60. The van der Waals surface area contributed by atoms with Crippen LogP contribution in [0.2, 0.25) is 0 Å². The van der Waals surface area contributed by atoms with E-state index in [2.05, 4.69) is 20.4 Å². The summed E-state index contributed by atoms with van der Waals surface area (Å²) < 4.78 is 13.9. The number of anilines is 1. The third-order valence-corrected chi connectivity index (χ3v) is 5.00. The molecule has 1 fully saturated rings. The average Bonchev–Trinajstić information content (AvgIpc) is 2.76. The summed E-state index contributed by atoms with van der Waals surface area (Å²) in [6, 6.07) is 16.3. The van der Waals surface area contributed by atoms with Gasteiger partial charge in [0, 0.05) is 39.3 Å². The Labute approximate surface area is 170 Å². The third-order valence-electron chi connectivity index (χ3n) is 5.00. The molecule has 0 radical (unpaired) electrons. The lowest BCUT2D eigenvalue weighted by Gasteiger charge is -2.36. The second-order valence-electron chi connectivity index (χ2n) is 7.06. The van der Waals surface area contributed by atoms with Gasteiger partial charge < -0.3 is 15.5 Å². The summed E-state index contributed by atoms with van der Waals surface area (Å²) in [6.07, 6.45) is 0.761. The molecule has 1 saturated heterocycles. The maximum absolute atomic E-state index is 13.9. The van der Waals surface area contributed by atoms with E-state index in [1.807, 2.05) is 42.5 Å². The van der Waals surface area contributed by atoms with Crippen molar-refractivity contribution in [1.82, 2.24) is 15.5 Å². The fraction of sp³-hybridized carbons (Fsp3) is 0.364. The van der Waals surface area contributed by atoms with Crippen molar-refractivity contribution < 1.29 is 14.0 Å². The Hall–Kier alpha value is -2.93. The summed E-state index contributed by atoms with van der Waals surface area (Å²) in [7, 11) is 0. The number of nitrogens with zero attached hydrogens (tertiary/aromatic N) is 2. The number of hydrogen-bond acceptors (Lipinski definition) is 4. The molecule has 7 heteroatoms. The van der Waals surface area contributed by atoms with E-state index in [1.165, 1.54) is 6.07 Å². The number of halogens is 1. The van der Waals surface area contributed by atoms with E-state index in [-0.39, 0.29) is 5.82 Å². The molecule has 2 aromatic rings. The van der Waals surface area contributed by atoms with Gasteiger partial charge in [-0.15, -0.1) is 0 Å². The molecular formula is C22H27FN4O2. The minimum atomic E-state index is -0.618. The first-order chi connectivity index (χ1) is 14.1. The van der Waals surface area contributed by atoms with Crippen molar-refractivity contribution in [3.8, 4) is 0 Å². The van der Waals surface area contributed by atoms with Gasteiger partial charge in [-0.25, -0.2) is 4.39 Å². The molecule has 6 nitrogen and oxygen atoms in total.